The highest BCUT2D eigenvalue weighted by Gasteiger charge is 2.21. The summed E-state index contributed by atoms with van der Waals surface area (Å²) >= 11 is 0. The number of benzene rings is 2. The zero-order valence-electron chi connectivity index (χ0n) is 17.7. The summed E-state index contributed by atoms with van der Waals surface area (Å²) in [6.45, 7) is 10.3. The fourth-order valence-electron chi connectivity index (χ4n) is 3.11. The van der Waals surface area contributed by atoms with E-state index in [9.17, 15) is 14.0 Å². The molecule has 3 rings (SSSR count). The van der Waals surface area contributed by atoms with Crippen molar-refractivity contribution in [3.63, 3.8) is 0 Å². The molecule has 0 bridgehead atoms. The van der Waals surface area contributed by atoms with E-state index in [0.29, 0.717) is 40.5 Å². The van der Waals surface area contributed by atoms with E-state index in [0.717, 1.165) is 5.56 Å². The number of carbonyl (C=O) groups is 2. The summed E-state index contributed by atoms with van der Waals surface area (Å²) in [5.74, 6) is -1.70. The first-order valence-electron chi connectivity index (χ1n) is 9.65. The molecular formula is C24H23FO6. The lowest BCUT2D eigenvalue weighted by molar-refractivity contribution is -0.139. The van der Waals surface area contributed by atoms with Crippen molar-refractivity contribution in [1.29, 1.82) is 0 Å². The Morgan fingerprint density at radius 3 is 2.29 bits per heavy atom. The van der Waals surface area contributed by atoms with Gasteiger partial charge in [0.25, 0.3) is 0 Å². The quantitative estimate of drug-likeness (QED) is 0.211. The lowest BCUT2D eigenvalue weighted by Crippen LogP contribution is -2.09. The molecule has 6 nitrogen and oxygen atoms in total. The van der Waals surface area contributed by atoms with Gasteiger partial charge in [0.05, 0.1) is 13.7 Å². The van der Waals surface area contributed by atoms with Crippen LogP contribution in [0.15, 0.2) is 53.0 Å². The van der Waals surface area contributed by atoms with E-state index in [2.05, 4.69) is 13.2 Å². The summed E-state index contributed by atoms with van der Waals surface area (Å²) < 4.78 is 36.4. The first kappa shape index (κ1) is 22.1. The van der Waals surface area contributed by atoms with Crippen LogP contribution in [-0.4, -0.2) is 25.7 Å². The SMILES string of the molecule is C=C(C)C(=O)OCCCc1ccc2c(oc3c(F)c(OC(=O)C(=C)C)ccc32)c1OC. The summed E-state index contributed by atoms with van der Waals surface area (Å²) in [6.07, 6.45) is 1.13. The number of rotatable bonds is 8. The van der Waals surface area contributed by atoms with Crippen molar-refractivity contribution in [1.82, 2.24) is 0 Å². The van der Waals surface area contributed by atoms with Crippen LogP contribution in [0.1, 0.15) is 25.8 Å². The van der Waals surface area contributed by atoms with Crippen LogP contribution in [0.2, 0.25) is 0 Å². The van der Waals surface area contributed by atoms with Crippen LogP contribution < -0.4 is 9.47 Å². The maximum absolute atomic E-state index is 15.0. The average molecular weight is 426 g/mol. The van der Waals surface area contributed by atoms with Gasteiger partial charge in [-0.15, -0.1) is 0 Å². The van der Waals surface area contributed by atoms with Gasteiger partial charge in [-0.1, -0.05) is 19.2 Å². The number of fused-ring (bicyclic) bond motifs is 3. The van der Waals surface area contributed by atoms with Crippen molar-refractivity contribution in [2.75, 3.05) is 13.7 Å². The molecule has 0 radical (unpaired) electrons. The van der Waals surface area contributed by atoms with Crippen LogP contribution in [0, 0.1) is 5.82 Å². The third-order valence-corrected chi connectivity index (χ3v) is 4.68. The number of hydrogen-bond donors (Lipinski definition) is 0. The molecule has 0 fully saturated rings. The fraction of sp³-hybridized carbons (Fsp3) is 0.250. The highest BCUT2D eigenvalue weighted by atomic mass is 19.1. The monoisotopic (exact) mass is 426 g/mol. The van der Waals surface area contributed by atoms with Crippen LogP contribution in [0.3, 0.4) is 0 Å². The minimum absolute atomic E-state index is 0.0344. The number of esters is 2. The lowest BCUT2D eigenvalue weighted by Gasteiger charge is -2.09. The molecule has 0 saturated carbocycles. The molecular weight excluding hydrogens is 403 g/mol. The molecule has 162 valence electrons. The van der Waals surface area contributed by atoms with Gasteiger partial charge >= 0.3 is 11.9 Å². The Bertz CT molecular complexity index is 1200. The number of furan rings is 1. The number of halogens is 1. The number of carbonyl (C=O) groups excluding carboxylic acids is 2. The van der Waals surface area contributed by atoms with E-state index >= 15 is 0 Å². The summed E-state index contributed by atoms with van der Waals surface area (Å²) in [6, 6.07) is 6.69. The predicted molar refractivity (Wildman–Crippen MR) is 115 cm³/mol. The molecule has 0 unspecified atom stereocenters. The van der Waals surface area contributed by atoms with Crippen molar-refractivity contribution < 1.29 is 32.6 Å². The Balaban J connectivity index is 1.92. The van der Waals surface area contributed by atoms with Crippen LogP contribution in [0.25, 0.3) is 21.9 Å². The Hall–Kier alpha value is -3.61. The van der Waals surface area contributed by atoms with Gasteiger partial charge in [0, 0.05) is 21.9 Å². The highest BCUT2D eigenvalue weighted by Crippen LogP contribution is 2.40. The van der Waals surface area contributed by atoms with Crippen LogP contribution >= 0.6 is 0 Å². The van der Waals surface area contributed by atoms with Gasteiger partial charge in [-0.2, -0.15) is 4.39 Å². The zero-order valence-corrected chi connectivity index (χ0v) is 17.7. The average Bonchev–Trinajstić information content (AvgIpc) is 3.11. The minimum Gasteiger partial charge on any atom is -0.493 e. The molecule has 0 aliphatic heterocycles. The third-order valence-electron chi connectivity index (χ3n) is 4.68. The number of aryl methyl sites for hydroxylation is 1. The fourth-order valence-corrected chi connectivity index (χ4v) is 3.11. The van der Waals surface area contributed by atoms with E-state index in [-0.39, 0.29) is 23.5 Å². The summed E-state index contributed by atoms with van der Waals surface area (Å²) in [5, 5.41) is 1.20. The Morgan fingerprint density at radius 1 is 1.00 bits per heavy atom. The number of methoxy groups -OCH3 is 1. The van der Waals surface area contributed by atoms with E-state index in [4.69, 9.17) is 18.6 Å². The molecule has 2 aromatic carbocycles. The molecule has 0 spiro atoms. The molecule has 0 amide bonds. The van der Waals surface area contributed by atoms with Crippen molar-refractivity contribution >= 4 is 33.9 Å². The Labute approximate surface area is 178 Å². The molecule has 0 atom stereocenters. The van der Waals surface area contributed by atoms with Gasteiger partial charge in [0.1, 0.15) is 0 Å². The largest absolute Gasteiger partial charge is 0.493 e. The molecule has 1 aromatic heterocycles. The topological polar surface area (TPSA) is 75.0 Å². The van der Waals surface area contributed by atoms with Crippen molar-refractivity contribution in [3.05, 3.63) is 60.0 Å². The standard InChI is InChI=1S/C24H23FO6/c1-13(2)23(26)29-12-6-7-15-8-9-17-16-10-11-18(30-24(27)14(3)4)19(25)21(16)31-22(17)20(15)28-5/h8-11H,1,3,6-7,12H2,2,4-5H3. The summed E-state index contributed by atoms with van der Waals surface area (Å²) in [5.41, 5.74) is 1.68. The van der Waals surface area contributed by atoms with Gasteiger partial charge in [-0.05, 0) is 50.5 Å². The van der Waals surface area contributed by atoms with Crippen molar-refractivity contribution in [3.8, 4) is 11.5 Å². The molecule has 0 N–H and O–H groups in total. The molecule has 1 heterocycles. The van der Waals surface area contributed by atoms with Crippen molar-refractivity contribution in [2.45, 2.75) is 26.7 Å². The molecule has 0 aliphatic carbocycles. The minimum atomic E-state index is -0.779. The lowest BCUT2D eigenvalue weighted by atomic mass is 10.0. The predicted octanol–water partition coefficient (Wildman–Crippen LogP) is 5.27. The van der Waals surface area contributed by atoms with E-state index < -0.39 is 17.8 Å². The van der Waals surface area contributed by atoms with Crippen molar-refractivity contribution in [2.24, 2.45) is 0 Å². The second-order valence-corrected chi connectivity index (χ2v) is 7.18. The first-order valence-corrected chi connectivity index (χ1v) is 9.65. The smallest absolute Gasteiger partial charge is 0.338 e. The van der Waals surface area contributed by atoms with E-state index in [1.807, 2.05) is 12.1 Å². The van der Waals surface area contributed by atoms with Gasteiger partial charge in [-0.25, -0.2) is 9.59 Å². The van der Waals surface area contributed by atoms with Gasteiger partial charge in [-0.3, -0.25) is 0 Å². The van der Waals surface area contributed by atoms with E-state index in [1.54, 1.807) is 13.0 Å². The molecule has 0 aliphatic rings. The third kappa shape index (κ3) is 4.45. The van der Waals surface area contributed by atoms with Gasteiger partial charge in [0.2, 0.25) is 5.82 Å². The van der Waals surface area contributed by atoms with Crippen LogP contribution in [0.5, 0.6) is 11.5 Å². The Kier molecular flexibility index (Phi) is 6.44. The molecule has 0 saturated heterocycles. The first-order chi connectivity index (χ1) is 14.7. The molecule has 31 heavy (non-hydrogen) atoms. The van der Waals surface area contributed by atoms with E-state index in [1.165, 1.54) is 20.1 Å². The second-order valence-electron chi connectivity index (χ2n) is 7.18. The number of hydrogen-bond acceptors (Lipinski definition) is 6. The molecule has 7 heteroatoms. The van der Waals surface area contributed by atoms with Crippen LogP contribution in [-0.2, 0) is 20.7 Å². The Morgan fingerprint density at radius 2 is 1.65 bits per heavy atom. The number of ether oxygens (including phenoxy) is 3. The zero-order chi connectivity index (χ0) is 22.7. The summed E-state index contributed by atoms with van der Waals surface area (Å²) in [4.78, 5) is 23.2. The second kappa shape index (κ2) is 9.04. The maximum atomic E-state index is 15.0. The van der Waals surface area contributed by atoms with Gasteiger partial charge < -0.3 is 18.6 Å². The highest BCUT2D eigenvalue weighted by molar-refractivity contribution is 6.08. The van der Waals surface area contributed by atoms with Gasteiger partial charge in [0.15, 0.2) is 22.7 Å². The van der Waals surface area contributed by atoms with Crippen LogP contribution in [0.4, 0.5) is 4.39 Å². The maximum Gasteiger partial charge on any atom is 0.338 e. The molecule has 3 aromatic rings. The normalized spacial score (nSPS) is 10.8. The summed E-state index contributed by atoms with van der Waals surface area (Å²) in [7, 11) is 1.50.